The molecule has 1 aliphatic heterocycles. The van der Waals surface area contributed by atoms with Crippen molar-refractivity contribution in [1.82, 2.24) is 0 Å². The van der Waals surface area contributed by atoms with Crippen LogP contribution in [0.1, 0.15) is 6.42 Å². The highest BCUT2D eigenvalue weighted by Crippen LogP contribution is 2.32. The second-order valence-corrected chi connectivity index (χ2v) is 4.29. The average molecular weight is 281 g/mol. The summed E-state index contributed by atoms with van der Waals surface area (Å²) in [6.45, 7) is -0.873. The average Bonchev–Trinajstić information content (AvgIpc) is 2.38. The Labute approximate surface area is 109 Å². The molecule has 1 rings (SSSR count). The zero-order valence-electron chi connectivity index (χ0n) is 10.2. The summed E-state index contributed by atoms with van der Waals surface area (Å²) in [5.74, 6) is -3.72. The van der Waals surface area contributed by atoms with E-state index in [9.17, 15) is 20.1 Å². The second-order valence-electron chi connectivity index (χ2n) is 4.29. The van der Waals surface area contributed by atoms with Crippen molar-refractivity contribution in [3.63, 3.8) is 0 Å². The molecule has 7 N–H and O–H groups in total. The Balaban J connectivity index is 2.96. The number of carbonyl (C=O) groups is 1. The van der Waals surface area contributed by atoms with Crippen molar-refractivity contribution in [2.24, 2.45) is 5.73 Å². The van der Waals surface area contributed by atoms with Gasteiger partial charge in [-0.3, -0.25) is 0 Å². The number of carboxylic acid groups (broad SMARTS) is 1. The lowest BCUT2D eigenvalue weighted by molar-refractivity contribution is -0.322. The van der Waals surface area contributed by atoms with E-state index < -0.39 is 49.2 Å². The van der Waals surface area contributed by atoms with Crippen LogP contribution in [0, 0.1) is 0 Å². The molecule has 0 amide bonds. The minimum absolute atomic E-state index is 0.0320. The fourth-order valence-corrected chi connectivity index (χ4v) is 1.88. The number of nitrogens with two attached hydrogens (primary N) is 1. The highest BCUT2D eigenvalue weighted by atomic mass is 16.7. The molecule has 1 fully saturated rings. The van der Waals surface area contributed by atoms with Gasteiger partial charge in [-0.15, -0.1) is 0 Å². The van der Waals surface area contributed by atoms with Gasteiger partial charge in [0.05, 0.1) is 19.3 Å². The maximum Gasteiger partial charge on any atom is 0.364 e. The number of aliphatic hydroxyl groups excluding tert-OH is 4. The first-order valence-electron chi connectivity index (χ1n) is 5.78. The number of ether oxygens (including phenoxy) is 2. The highest BCUT2D eigenvalue weighted by Gasteiger charge is 2.54. The third-order valence-corrected chi connectivity index (χ3v) is 2.88. The van der Waals surface area contributed by atoms with Gasteiger partial charge in [-0.1, -0.05) is 0 Å². The quantitative estimate of drug-likeness (QED) is 0.291. The van der Waals surface area contributed by atoms with Gasteiger partial charge in [0.1, 0.15) is 18.3 Å². The molecule has 5 atom stereocenters. The molecule has 19 heavy (non-hydrogen) atoms. The third-order valence-electron chi connectivity index (χ3n) is 2.88. The molecule has 0 aromatic heterocycles. The molecule has 0 aliphatic carbocycles. The second kappa shape index (κ2) is 6.57. The van der Waals surface area contributed by atoms with Crippen LogP contribution in [-0.2, 0) is 14.3 Å². The Bertz CT molecular complexity index is 314. The van der Waals surface area contributed by atoms with Gasteiger partial charge in [0, 0.05) is 13.0 Å². The maximum atomic E-state index is 11.3. The molecule has 1 heterocycles. The lowest BCUT2D eigenvalue weighted by atomic mass is 9.92. The zero-order valence-corrected chi connectivity index (χ0v) is 10.2. The van der Waals surface area contributed by atoms with Crippen LogP contribution in [0.15, 0.2) is 0 Å². The van der Waals surface area contributed by atoms with Gasteiger partial charge in [-0.05, 0) is 0 Å². The number of aliphatic carboxylic acids is 1. The van der Waals surface area contributed by atoms with E-state index in [1.807, 2.05) is 0 Å². The monoisotopic (exact) mass is 281 g/mol. The van der Waals surface area contributed by atoms with E-state index in [1.54, 1.807) is 0 Å². The summed E-state index contributed by atoms with van der Waals surface area (Å²) in [6.07, 6.45) is -6.56. The zero-order chi connectivity index (χ0) is 14.6. The molecule has 2 unspecified atom stereocenters. The van der Waals surface area contributed by atoms with Crippen LogP contribution >= 0.6 is 0 Å². The number of hydrogen-bond acceptors (Lipinski definition) is 8. The standard InChI is InChI=1S/C10H19NO8/c11-1-2-18-10(9(16)17)3-5(13)7(15)8(19-10)6(14)4-12/h5-8,12-15H,1-4,11H2,(H,16,17)/t5?,6-,7-,8?,10-/m1/s1. The first-order chi connectivity index (χ1) is 8.88. The number of hydrogen-bond donors (Lipinski definition) is 6. The van der Waals surface area contributed by atoms with Crippen molar-refractivity contribution in [1.29, 1.82) is 0 Å². The summed E-state index contributed by atoms with van der Waals surface area (Å²) in [7, 11) is 0. The van der Waals surface area contributed by atoms with Crippen molar-refractivity contribution in [3.8, 4) is 0 Å². The lowest BCUT2D eigenvalue weighted by Crippen LogP contribution is -2.62. The summed E-state index contributed by atoms with van der Waals surface area (Å²) < 4.78 is 10.1. The molecular formula is C10H19NO8. The van der Waals surface area contributed by atoms with Crippen molar-refractivity contribution in [2.75, 3.05) is 19.8 Å². The van der Waals surface area contributed by atoms with Crippen molar-refractivity contribution >= 4 is 5.97 Å². The van der Waals surface area contributed by atoms with E-state index in [1.165, 1.54) is 0 Å². The van der Waals surface area contributed by atoms with Crippen LogP contribution in [0.5, 0.6) is 0 Å². The molecule has 112 valence electrons. The largest absolute Gasteiger partial charge is 0.477 e. The molecular weight excluding hydrogens is 262 g/mol. The van der Waals surface area contributed by atoms with Gasteiger partial charge < -0.3 is 40.7 Å². The summed E-state index contributed by atoms with van der Waals surface area (Å²) in [5.41, 5.74) is 5.21. The smallest absolute Gasteiger partial charge is 0.364 e. The molecule has 0 radical (unpaired) electrons. The predicted molar refractivity (Wildman–Crippen MR) is 60.0 cm³/mol. The van der Waals surface area contributed by atoms with E-state index in [4.69, 9.17) is 25.4 Å². The van der Waals surface area contributed by atoms with Crippen LogP contribution in [0.25, 0.3) is 0 Å². The Morgan fingerprint density at radius 2 is 2.16 bits per heavy atom. The Morgan fingerprint density at radius 1 is 1.53 bits per heavy atom. The van der Waals surface area contributed by atoms with Gasteiger partial charge in [0.15, 0.2) is 0 Å². The first-order valence-corrected chi connectivity index (χ1v) is 5.78. The van der Waals surface area contributed by atoms with Crippen LogP contribution < -0.4 is 5.73 Å². The SMILES string of the molecule is NCCO[C@]1(C(=O)O)CC(O)[C@@H](O)C([C@H](O)CO)O1. The van der Waals surface area contributed by atoms with Gasteiger partial charge in [0.25, 0.3) is 5.79 Å². The number of rotatable bonds is 6. The van der Waals surface area contributed by atoms with Gasteiger partial charge >= 0.3 is 5.97 Å². The van der Waals surface area contributed by atoms with E-state index >= 15 is 0 Å². The Hall–Kier alpha value is -0.810. The van der Waals surface area contributed by atoms with E-state index in [0.717, 1.165) is 0 Å². The summed E-state index contributed by atoms with van der Waals surface area (Å²) in [6, 6.07) is 0. The molecule has 0 saturated carbocycles. The molecule has 9 heteroatoms. The molecule has 1 aliphatic rings. The summed E-state index contributed by atoms with van der Waals surface area (Å²) in [5, 5.41) is 46.8. The van der Waals surface area contributed by atoms with E-state index in [2.05, 4.69) is 0 Å². The van der Waals surface area contributed by atoms with Gasteiger partial charge in [0.2, 0.25) is 0 Å². The van der Waals surface area contributed by atoms with Crippen LogP contribution in [0.4, 0.5) is 0 Å². The van der Waals surface area contributed by atoms with Crippen molar-refractivity contribution in [3.05, 3.63) is 0 Å². The van der Waals surface area contributed by atoms with Crippen LogP contribution in [0.3, 0.4) is 0 Å². The molecule has 9 nitrogen and oxygen atoms in total. The lowest BCUT2D eigenvalue weighted by Gasteiger charge is -2.43. The normalized spacial score (nSPS) is 37.0. The molecule has 1 saturated heterocycles. The highest BCUT2D eigenvalue weighted by molar-refractivity contribution is 5.76. The summed E-state index contributed by atoms with van der Waals surface area (Å²) in [4.78, 5) is 11.3. The minimum atomic E-state index is -2.21. The van der Waals surface area contributed by atoms with Crippen molar-refractivity contribution < 1.29 is 39.8 Å². The first kappa shape index (κ1) is 16.2. The maximum absolute atomic E-state index is 11.3. The fraction of sp³-hybridized carbons (Fsp3) is 0.900. The van der Waals surface area contributed by atoms with Gasteiger partial charge in [-0.2, -0.15) is 0 Å². The number of carboxylic acids is 1. The molecule has 0 spiro atoms. The number of aliphatic hydroxyl groups is 4. The van der Waals surface area contributed by atoms with Gasteiger partial charge in [-0.25, -0.2) is 4.79 Å². The molecule has 0 aromatic rings. The van der Waals surface area contributed by atoms with Crippen molar-refractivity contribution in [2.45, 2.75) is 36.6 Å². The van der Waals surface area contributed by atoms with Crippen LogP contribution in [0.2, 0.25) is 0 Å². The van der Waals surface area contributed by atoms with Crippen LogP contribution in [-0.4, -0.2) is 81.5 Å². The fourth-order valence-electron chi connectivity index (χ4n) is 1.88. The Kier molecular flexibility index (Phi) is 5.62. The molecule has 0 aromatic carbocycles. The summed E-state index contributed by atoms with van der Waals surface area (Å²) >= 11 is 0. The minimum Gasteiger partial charge on any atom is -0.477 e. The van der Waals surface area contributed by atoms with E-state index in [0.29, 0.717) is 0 Å². The topological polar surface area (TPSA) is 163 Å². The third kappa shape index (κ3) is 3.39. The predicted octanol–water partition coefficient (Wildman–Crippen LogP) is -3.39. The molecule has 0 bridgehead atoms. The van der Waals surface area contributed by atoms with E-state index in [-0.39, 0.29) is 13.2 Å². The Morgan fingerprint density at radius 3 is 2.63 bits per heavy atom.